The van der Waals surface area contributed by atoms with Crippen molar-refractivity contribution in [1.82, 2.24) is 14.9 Å². The molecule has 0 spiro atoms. The summed E-state index contributed by atoms with van der Waals surface area (Å²) in [7, 11) is 1.58. The first-order valence-electron chi connectivity index (χ1n) is 5.57. The number of alkyl halides is 1. The van der Waals surface area contributed by atoms with Gasteiger partial charge >= 0.3 is 0 Å². The number of nitrogens with one attached hydrogen (secondary N) is 1. The van der Waals surface area contributed by atoms with Crippen LogP contribution in [0.1, 0.15) is 12.2 Å². The molecule has 6 heteroatoms. The van der Waals surface area contributed by atoms with E-state index < -0.39 is 0 Å². The fourth-order valence-corrected chi connectivity index (χ4v) is 2.05. The average Bonchev–Trinajstić information content (AvgIpc) is 2.75. The summed E-state index contributed by atoms with van der Waals surface area (Å²) in [4.78, 5) is 15.4. The minimum absolute atomic E-state index is 0.0752. The second-order valence-electron chi connectivity index (χ2n) is 3.84. The molecule has 1 heterocycles. The number of halogens is 2. The molecule has 1 aromatic heterocycles. The lowest BCUT2D eigenvalue weighted by Gasteiger charge is -2.06. The maximum absolute atomic E-state index is 13.6. The number of carbonyl (C=O) groups is 1. The van der Waals surface area contributed by atoms with Gasteiger partial charge in [0.1, 0.15) is 11.3 Å². The van der Waals surface area contributed by atoms with Crippen LogP contribution >= 0.6 is 11.6 Å². The molecule has 0 atom stereocenters. The molecular weight excluding hydrogens is 257 g/mol. The topological polar surface area (TPSA) is 46.9 Å². The third-order valence-corrected chi connectivity index (χ3v) is 3.01. The number of nitrogens with zero attached hydrogens (tertiary/aromatic N) is 2. The Morgan fingerprint density at radius 3 is 3.00 bits per heavy atom. The van der Waals surface area contributed by atoms with Crippen LogP contribution < -0.4 is 5.32 Å². The summed E-state index contributed by atoms with van der Waals surface area (Å²) >= 11 is 5.80. The maximum Gasteiger partial charge on any atom is 0.221 e. The minimum atomic E-state index is -0.377. The highest BCUT2D eigenvalue weighted by Crippen LogP contribution is 2.20. The molecule has 0 aliphatic rings. The molecule has 0 saturated carbocycles. The van der Waals surface area contributed by atoms with Gasteiger partial charge in [-0.3, -0.25) is 4.79 Å². The van der Waals surface area contributed by atoms with Gasteiger partial charge in [0, 0.05) is 20.0 Å². The highest BCUT2D eigenvalue weighted by molar-refractivity contribution is 6.16. The normalized spacial score (nSPS) is 10.8. The van der Waals surface area contributed by atoms with Crippen molar-refractivity contribution in [2.24, 2.45) is 0 Å². The molecule has 4 nitrogen and oxygen atoms in total. The zero-order valence-electron chi connectivity index (χ0n) is 9.91. The van der Waals surface area contributed by atoms with Crippen LogP contribution in [0.25, 0.3) is 11.0 Å². The van der Waals surface area contributed by atoms with Crippen molar-refractivity contribution >= 4 is 28.5 Å². The number of para-hydroxylation sites is 1. The molecular formula is C12H13ClFN3O. The van der Waals surface area contributed by atoms with Crippen LogP contribution in [0.3, 0.4) is 0 Å². The zero-order valence-corrected chi connectivity index (χ0v) is 10.7. The predicted molar refractivity (Wildman–Crippen MR) is 67.9 cm³/mol. The zero-order chi connectivity index (χ0) is 13.1. The SMILES string of the molecule is CNC(=O)CCn1c(CCl)nc2c(F)cccc21. The van der Waals surface area contributed by atoms with Crippen molar-refractivity contribution in [3.05, 3.63) is 29.8 Å². The van der Waals surface area contributed by atoms with Gasteiger partial charge in [0.25, 0.3) is 0 Å². The Labute approximate surface area is 109 Å². The van der Waals surface area contributed by atoms with Crippen molar-refractivity contribution in [3.63, 3.8) is 0 Å². The Bertz CT molecular complexity index is 582. The first-order valence-corrected chi connectivity index (χ1v) is 6.11. The number of carbonyl (C=O) groups excluding carboxylic acids is 1. The molecule has 1 N–H and O–H groups in total. The molecule has 0 aliphatic carbocycles. The van der Waals surface area contributed by atoms with Crippen molar-refractivity contribution in [1.29, 1.82) is 0 Å². The third-order valence-electron chi connectivity index (χ3n) is 2.77. The van der Waals surface area contributed by atoms with E-state index in [9.17, 15) is 9.18 Å². The van der Waals surface area contributed by atoms with Crippen LogP contribution in [0.2, 0.25) is 0 Å². The standard InChI is InChI=1S/C12H13ClFN3O/c1-15-11(18)5-6-17-9-4-2-3-8(14)12(9)16-10(17)7-13/h2-4H,5-7H2,1H3,(H,15,18). The number of imidazole rings is 1. The van der Waals surface area contributed by atoms with E-state index in [1.807, 2.05) is 0 Å². The third kappa shape index (κ3) is 2.31. The summed E-state index contributed by atoms with van der Waals surface area (Å²) in [5.74, 6) is 0.300. The molecule has 1 aromatic carbocycles. The molecule has 2 rings (SSSR count). The van der Waals surface area contributed by atoms with Crippen LogP contribution in [0.4, 0.5) is 4.39 Å². The van der Waals surface area contributed by atoms with Gasteiger partial charge in [0.05, 0.1) is 11.4 Å². The van der Waals surface area contributed by atoms with E-state index in [4.69, 9.17) is 11.6 Å². The molecule has 2 aromatic rings. The van der Waals surface area contributed by atoms with Gasteiger partial charge in [-0.2, -0.15) is 0 Å². The predicted octanol–water partition coefficient (Wildman–Crippen LogP) is 2.05. The Morgan fingerprint density at radius 2 is 2.33 bits per heavy atom. The number of hydrogen-bond acceptors (Lipinski definition) is 2. The Morgan fingerprint density at radius 1 is 1.56 bits per heavy atom. The van der Waals surface area contributed by atoms with Crippen molar-refractivity contribution in [2.45, 2.75) is 18.8 Å². The summed E-state index contributed by atoms with van der Waals surface area (Å²) < 4.78 is 15.4. The molecule has 18 heavy (non-hydrogen) atoms. The summed E-state index contributed by atoms with van der Waals surface area (Å²) in [5.41, 5.74) is 0.958. The number of aryl methyl sites for hydroxylation is 1. The number of aromatic nitrogens is 2. The molecule has 96 valence electrons. The average molecular weight is 270 g/mol. The number of fused-ring (bicyclic) bond motifs is 1. The fraction of sp³-hybridized carbons (Fsp3) is 0.333. The van der Waals surface area contributed by atoms with Gasteiger partial charge < -0.3 is 9.88 Å². The lowest BCUT2D eigenvalue weighted by atomic mass is 10.3. The molecule has 0 fully saturated rings. The highest BCUT2D eigenvalue weighted by atomic mass is 35.5. The summed E-state index contributed by atoms with van der Waals surface area (Å²) in [6, 6.07) is 4.75. The number of amides is 1. The monoisotopic (exact) mass is 269 g/mol. The summed E-state index contributed by atoms with van der Waals surface area (Å²) in [5, 5.41) is 2.54. The maximum atomic E-state index is 13.6. The second kappa shape index (κ2) is 5.35. The van der Waals surface area contributed by atoms with Crippen molar-refractivity contribution in [2.75, 3.05) is 7.05 Å². The quantitative estimate of drug-likeness (QED) is 0.864. The van der Waals surface area contributed by atoms with E-state index in [1.165, 1.54) is 6.07 Å². The number of hydrogen-bond donors (Lipinski definition) is 1. The lowest BCUT2D eigenvalue weighted by molar-refractivity contribution is -0.120. The first kappa shape index (κ1) is 12.8. The van der Waals surface area contributed by atoms with Crippen LogP contribution in [0.15, 0.2) is 18.2 Å². The van der Waals surface area contributed by atoms with Gasteiger partial charge in [-0.1, -0.05) is 6.07 Å². The van der Waals surface area contributed by atoms with Gasteiger partial charge in [0.2, 0.25) is 5.91 Å². The number of benzene rings is 1. The van der Waals surface area contributed by atoms with E-state index in [0.29, 0.717) is 29.8 Å². The van der Waals surface area contributed by atoms with Crippen LogP contribution in [-0.2, 0) is 17.2 Å². The minimum Gasteiger partial charge on any atom is -0.359 e. The summed E-state index contributed by atoms with van der Waals surface area (Å²) in [6.45, 7) is 0.432. The number of rotatable bonds is 4. The van der Waals surface area contributed by atoms with Gasteiger partial charge in [-0.05, 0) is 12.1 Å². The van der Waals surface area contributed by atoms with E-state index in [2.05, 4.69) is 10.3 Å². The molecule has 0 aliphatic heterocycles. The van der Waals surface area contributed by atoms with E-state index in [1.54, 1.807) is 23.7 Å². The molecule has 0 saturated heterocycles. The van der Waals surface area contributed by atoms with Crippen LogP contribution in [-0.4, -0.2) is 22.5 Å². The van der Waals surface area contributed by atoms with Crippen molar-refractivity contribution < 1.29 is 9.18 Å². The lowest BCUT2D eigenvalue weighted by Crippen LogP contribution is -2.19. The largest absolute Gasteiger partial charge is 0.359 e. The molecule has 1 amide bonds. The molecule has 0 bridgehead atoms. The Hall–Kier alpha value is -1.62. The molecule has 0 unspecified atom stereocenters. The van der Waals surface area contributed by atoms with Crippen LogP contribution in [0, 0.1) is 5.82 Å². The van der Waals surface area contributed by atoms with E-state index in [0.717, 1.165) is 0 Å². The second-order valence-corrected chi connectivity index (χ2v) is 4.11. The van der Waals surface area contributed by atoms with E-state index in [-0.39, 0.29) is 17.6 Å². The smallest absolute Gasteiger partial charge is 0.221 e. The van der Waals surface area contributed by atoms with Gasteiger partial charge in [-0.15, -0.1) is 11.6 Å². The van der Waals surface area contributed by atoms with Crippen LogP contribution in [0.5, 0.6) is 0 Å². The Balaban J connectivity index is 2.41. The Kier molecular flexibility index (Phi) is 3.81. The van der Waals surface area contributed by atoms with Gasteiger partial charge in [0.15, 0.2) is 5.82 Å². The fourth-order valence-electron chi connectivity index (χ4n) is 1.85. The van der Waals surface area contributed by atoms with E-state index >= 15 is 0 Å². The molecule has 0 radical (unpaired) electrons. The van der Waals surface area contributed by atoms with Crippen molar-refractivity contribution in [3.8, 4) is 0 Å². The first-order chi connectivity index (χ1) is 8.67. The summed E-state index contributed by atoms with van der Waals surface area (Å²) in [6.07, 6.45) is 0.308. The van der Waals surface area contributed by atoms with Gasteiger partial charge in [-0.25, -0.2) is 9.37 Å². The highest BCUT2D eigenvalue weighted by Gasteiger charge is 2.13.